The molecular formula is C23H28ClN3O3. The third-order valence-corrected chi connectivity index (χ3v) is 6.18. The van der Waals surface area contributed by atoms with Crippen molar-refractivity contribution in [2.45, 2.75) is 44.9 Å². The van der Waals surface area contributed by atoms with Crippen molar-refractivity contribution in [3.05, 3.63) is 68.7 Å². The molecule has 160 valence electrons. The summed E-state index contributed by atoms with van der Waals surface area (Å²) in [4.78, 5) is 15.8. The molecule has 0 unspecified atom stereocenters. The van der Waals surface area contributed by atoms with Crippen LogP contribution in [0.2, 0.25) is 5.02 Å². The summed E-state index contributed by atoms with van der Waals surface area (Å²) >= 11 is 6.04. The van der Waals surface area contributed by atoms with Gasteiger partial charge in [-0.3, -0.25) is 15.0 Å². The lowest BCUT2D eigenvalue weighted by molar-refractivity contribution is -0.385. The van der Waals surface area contributed by atoms with Gasteiger partial charge in [-0.15, -0.1) is 0 Å². The molecule has 0 saturated carbocycles. The fraction of sp³-hybridized carbons (Fsp3) is 0.478. The molecule has 2 aliphatic rings. The highest BCUT2D eigenvalue weighted by molar-refractivity contribution is 6.30. The molecule has 6 nitrogen and oxygen atoms in total. The van der Waals surface area contributed by atoms with Crippen molar-refractivity contribution in [1.82, 2.24) is 4.90 Å². The Kier molecular flexibility index (Phi) is 6.87. The van der Waals surface area contributed by atoms with Crippen molar-refractivity contribution in [1.29, 1.82) is 0 Å². The fourth-order valence-electron chi connectivity index (χ4n) is 4.41. The van der Waals surface area contributed by atoms with Gasteiger partial charge in [-0.2, -0.15) is 0 Å². The number of hydrogen-bond donors (Lipinski definition) is 0. The summed E-state index contributed by atoms with van der Waals surface area (Å²) in [5.74, 6) is 0. The van der Waals surface area contributed by atoms with Crippen molar-refractivity contribution >= 4 is 23.0 Å². The molecule has 0 radical (unpaired) electrons. The van der Waals surface area contributed by atoms with E-state index in [0.29, 0.717) is 18.2 Å². The van der Waals surface area contributed by atoms with Gasteiger partial charge in [0.1, 0.15) is 6.23 Å². The van der Waals surface area contributed by atoms with Gasteiger partial charge in [0.15, 0.2) is 0 Å². The zero-order chi connectivity index (χ0) is 20.9. The Morgan fingerprint density at radius 2 is 1.73 bits per heavy atom. The lowest BCUT2D eigenvalue weighted by Gasteiger charge is -2.38. The molecule has 0 aromatic heterocycles. The summed E-state index contributed by atoms with van der Waals surface area (Å²) in [6.07, 6.45) is 5.42. The van der Waals surface area contributed by atoms with E-state index in [1.807, 2.05) is 30.3 Å². The SMILES string of the molecule is O=[N+]([O-])c1ccc(N2CCCCCC2)c([C@H]2OCCCN2Cc2ccc(Cl)cc2)c1. The molecule has 0 spiro atoms. The zero-order valence-corrected chi connectivity index (χ0v) is 17.9. The van der Waals surface area contributed by atoms with E-state index in [4.69, 9.17) is 16.3 Å². The summed E-state index contributed by atoms with van der Waals surface area (Å²) in [6, 6.07) is 13.1. The number of halogens is 1. The van der Waals surface area contributed by atoms with E-state index < -0.39 is 0 Å². The van der Waals surface area contributed by atoms with E-state index in [2.05, 4.69) is 9.80 Å². The number of non-ortho nitro benzene ring substituents is 1. The van der Waals surface area contributed by atoms with Gasteiger partial charge in [0.05, 0.1) is 11.5 Å². The number of benzene rings is 2. The lowest BCUT2D eigenvalue weighted by Crippen LogP contribution is -2.37. The van der Waals surface area contributed by atoms with Crippen LogP contribution in [0.25, 0.3) is 0 Å². The second kappa shape index (κ2) is 9.77. The van der Waals surface area contributed by atoms with E-state index in [1.165, 1.54) is 12.8 Å². The summed E-state index contributed by atoms with van der Waals surface area (Å²) in [5, 5.41) is 12.2. The maximum atomic E-state index is 11.5. The number of nitrogens with zero attached hydrogens (tertiary/aromatic N) is 3. The second-order valence-corrected chi connectivity index (χ2v) is 8.51. The summed E-state index contributed by atoms with van der Waals surface area (Å²) in [7, 11) is 0. The van der Waals surface area contributed by atoms with Crippen LogP contribution in [0.4, 0.5) is 11.4 Å². The topological polar surface area (TPSA) is 58.9 Å². The molecule has 2 saturated heterocycles. The minimum Gasteiger partial charge on any atom is -0.371 e. The fourth-order valence-corrected chi connectivity index (χ4v) is 4.54. The number of nitro benzene ring substituents is 1. The monoisotopic (exact) mass is 429 g/mol. The van der Waals surface area contributed by atoms with Gasteiger partial charge in [-0.1, -0.05) is 36.6 Å². The van der Waals surface area contributed by atoms with E-state index in [1.54, 1.807) is 12.1 Å². The first-order valence-corrected chi connectivity index (χ1v) is 11.1. The van der Waals surface area contributed by atoms with Gasteiger partial charge in [-0.05, 0) is 43.0 Å². The predicted molar refractivity (Wildman–Crippen MR) is 119 cm³/mol. The molecule has 2 aromatic rings. The van der Waals surface area contributed by atoms with E-state index in [9.17, 15) is 10.1 Å². The van der Waals surface area contributed by atoms with E-state index in [-0.39, 0.29) is 16.8 Å². The molecule has 2 aromatic carbocycles. The first kappa shape index (κ1) is 21.1. The van der Waals surface area contributed by atoms with Crippen molar-refractivity contribution in [2.24, 2.45) is 0 Å². The third kappa shape index (κ3) is 4.94. The Labute approximate surface area is 182 Å². The van der Waals surface area contributed by atoms with Crippen molar-refractivity contribution in [3.63, 3.8) is 0 Å². The van der Waals surface area contributed by atoms with Gasteiger partial charge in [0.2, 0.25) is 0 Å². The Hall–Kier alpha value is -2.15. The maximum Gasteiger partial charge on any atom is 0.270 e. The highest BCUT2D eigenvalue weighted by Crippen LogP contribution is 2.37. The molecule has 1 atom stereocenters. The molecule has 30 heavy (non-hydrogen) atoms. The third-order valence-electron chi connectivity index (χ3n) is 5.93. The molecule has 0 amide bonds. The van der Waals surface area contributed by atoms with Crippen molar-refractivity contribution < 1.29 is 9.66 Å². The largest absolute Gasteiger partial charge is 0.371 e. The van der Waals surface area contributed by atoms with Crippen LogP contribution in [-0.2, 0) is 11.3 Å². The number of hydrogen-bond acceptors (Lipinski definition) is 5. The molecular weight excluding hydrogens is 402 g/mol. The van der Waals surface area contributed by atoms with Gasteiger partial charge < -0.3 is 9.64 Å². The molecule has 2 heterocycles. The maximum absolute atomic E-state index is 11.5. The number of anilines is 1. The first-order chi connectivity index (χ1) is 14.6. The Morgan fingerprint density at radius 3 is 2.43 bits per heavy atom. The summed E-state index contributed by atoms with van der Waals surface area (Å²) in [5.41, 5.74) is 3.23. The van der Waals surface area contributed by atoms with Crippen LogP contribution in [0.15, 0.2) is 42.5 Å². The average molecular weight is 430 g/mol. The van der Waals surface area contributed by atoms with Crippen LogP contribution >= 0.6 is 11.6 Å². The molecule has 2 fully saturated rings. The van der Waals surface area contributed by atoms with Gasteiger partial charge in [0, 0.05) is 54.6 Å². The predicted octanol–water partition coefficient (Wildman–Crippen LogP) is 5.55. The molecule has 0 bridgehead atoms. The van der Waals surface area contributed by atoms with Crippen LogP contribution in [0.5, 0.6) is 0 Å². The molecule has 2 aliphatic heterocycles. The Morgan fingerprint density at radius 1 is 1.00 bits per heavy atom. The number of nitro groups is 1. The Bertz CT molecular complexity index is 866. The minimum absolute atomic E-state index is 0.115. The highest BCUT2D eigenvalue weighted by Gasteiger charge is 2.30. The lowest BCUT2D eigenvalue weighted by atomic mass is 10.1. The minimum atomic E-state index is -0.317. The zero-order valence-electron chi connectivity index (χ0n) is 17.1. The van der Waals surface area contributed by atoms with Crippen LogP contribution in [-0.4, -0.2) is 36.1 Å². The normalized spacial score (nSPS) is 20.7. The Balaban J connectivity index is 1.68. The van der Waals surface area contributed by atoms with Gasteiger partial charge >= 0.3 is 0 Å². The quantitative estimate of drug-likeness (QED) is 0.460. The van der Waals surface area contributed by atoms with Crippen molar-refractivity contribution in [3.8, 4) is 0 Å². The second-order valence-electron chi connectivity index (χ2n) is 8.08. The molecule has 4 rings (SSSR count). The summed E-state index contributed by atoms with van der Waals surface area (Å²) in [6.45, 7) is 4.22. The molecule has 0 N–H and O–H groups in total. The van der Waals surface area contributed by atoms with Crippen LogP contribution in [0.3, 0.4) is 0 Å². The van der Waals surface area contributed by atoms with Crippen LogP contribution in [0, 0.1) is 10.1 Å². The van der Waals surface area contributed by atoms with Crippen molar-refractivity contribution in [2.75, 3.05) is 31.1 Å². The number of ether oxygens (including phenoxy) is 1. The van der Waals surface area contributed by atoms with Gasteiger partial charge in [0.25, 0.3) is 5.69 Å². The summed E-state index contributed by atoms with van der Waals surface area (Å²) < 4.78 is 6.22. The smallest absolute Gasteiger partial charge is 0.270 e. The van der Waals surface area contributed by atoms with Gasteiger partial charge in [-0.25, -0.2) is 0 Å². The van der Waals surface area contributed by atoms with E-state index in [0.717, 1.165) is 55.7 Å². The highest BCUT2D eigenvalue weighted by atomic mass is 35.5. The van der Waals surface area contributed by atoms with E-state index >= 15 is 0 Å². The first-order valence-electron chi connectivity index (χ1n) is 10.8. The average Bonchev–Trinajstić information content (AvgIpc) is 3.05. The standard InChI is InChI=1S/C23H28ClN3O3/c24-19-8-6-18(7-9-19)17-26-14-5-15-30-23(26)21-16-20(27(28)29)10-11-22(21)25-12-3-1-2-4-13-25/h6-11,16,23H,1-5,12-15,17H2/t23-/m1/s1. The molecule has 0 aliphatic carbocycles. The van der Waals surface area contributed by atoms with Crippen LogP contribution < -0.4 is 4.90 Å². The number of rotatable bonds is 5. The van der Waals surface area contributed by atoms with Crippen LogP contribution in [0.1, 0.15) is 49.5 Å². The molecule has 7 heteroatoms.